The minimum atomic E-state index is -0.357. The van der Waals surface area contributed by atoms with Crippen molar-refractivity contribution in [2.45, 2.75) is 16.6 Å². The van der Waals surface area contributed by atoms with Crippen LogP contribution in [0.1, 0.15) is 22.3 Å². The maximum Gasteiger partial charge on any atom is 0.0914 e. The Morgan fingerprint density at radius 2 is 1.08 bits per heavy atom. The molecule has 0 saturated heterocycles. The largest absolute Gasteiger partial charge is 0.310 e. The van der Waals surface area contributed by atoms with Crippen molar-refractivity contribution < 1.29 is 0 Å². The first-order valence-electron chi connectivity index (χ1n) is 12.3. The number of benzene rings is 5. The average molecular weight is 482 g/mol. The van der Waals surface area contributed by atoms with Crippen molar-refractivity contribution in [3.8, 4) is 0 Å². The predicted octanol–water partition coefficient (Wildman–Crippen LogP) is 9.22. The highest BCUT2D eigenvalue weighted by molar-refractivity contribution is 8.00. The summed E-state index contributed by atoms with van der Waals surface area (Å²) in [6, 6.07) is 50.0. The normalized spacial score (nSPS) is 16.3. The summed E-state index contributed by atoms with van der Waals surface area (Å²) in [5.74, 6) is 0. The minimum Gasteiger partial charge on any atom is -0.310 e. The lowest BCUT2D eigenvalue weighted by atomic mass is 9.92. The number of fused-ring (bicyclic) bond motifs is 1. The fraction of sp³-hybridized carbons (Fsp3) is 0.0588. The number of rotatable bonds is 6. The molecule has 2 heteroatoms. The number of hydrogen-bond acceptors (Lipinski definition) is 2. The molecule has 174 valence electrons. The number of hydrogen-bond donors (Lipinski definition) is 0. The van der Waals surface area contributed by atoms with Gasteiger partial charge in [-0.2, -0.15) is 0 Å². The van der Waals surface area contributed by atoms with Gasteiger partial charge in [0.25, 0.3) is 0 Å². The second kappa shape index (κ2) is 9.56. The average Bonchev–Trinajstić information content (AvgIpc) is 3.27. The zero-order chi connectivity index (χ0) is 24.4. The van der Waals surface area contributed by atoms with Crippen LogP contribution < -0.4 is 4.90 Å². The molecule has 0 radical (unpaired) electrons. The van der Waals surface area contributed by atoms with Gasteiger partial charge in [-0.25, -0.2) is 0 Å². The monoisotopic (exact) mass is 481 g/mol. The molecule has 0 fully saturated rings. The second-order valence-corrected chi connectivity index (χ2v) is 10.4. The quantitative estimate of drug-likeness (QED) is 0.238. The molecule has 1 unspecified atom stereocenters. The fourth-order valence-corrected chi connectivity index (χ4v) is 6.36. The summed E-state index contributed by atoms with van der Waals surface area (Å²) in [7, 11) is 0. The van der Waals surface area contributed by atoms with Gasteiger partial charge in [0.05, 0.1) is 10.4 Å². The summed E-state index contributed by atoms with van der Waals surface area (Å²) >= 11 is 1.91. The molecule has 0 N–H and O–H groups in total. The first-order valence-corrected chi connectivity index (χ1v) is 13.1. The van der Waals surface area contributed by atoms with Crippen molar-refractivity contribution in [1.29, 1.82) is 0 Å². The highest BCUT2D eigenvalue weighted by Crippen LogP contribution is 2.56. The summed E-state index contributed by atoms with van der Waals surface area (Å²) in [6.07, 6.45) is 2.47. The van der Waals surface area contributed by atoms with E-state index in [2.05, 4.69) is 157 Å². The van der Waals surface area contributed by atoms with E-state index in [1.165, 1.54) is 32.8 Å². The van der Waals surface area contributed by atoms with Gasteiger partial charge in [-0.05, 0) is 60.5 Å². The van der Waals surface area contributed by atoms with Gasteiger partial charge in [0.15, 0.2) is 0 Å². The van der Waals surface area contributed by atoms with E-state index >= 15 is 0 Å². The number of nitrogens with zero attached hydrogens (tertiary/aromatic N) is 1. The Morgan fingerprint density at radius 1 is 0.556 bits per heavy atom. The summed E-state index contributed by atoms with van der Waals surface area (Å²) in [5, 5.41) is 0. The Morgan fingerprint density at radius 3 is 1.69 bits per heavy atom. The highest BCUT2D eigenvalue weighted by atomic mass is 32.2. The van der Waals surface area contributed by atoms with E-state index < -0.39 is 0 Å². The number of aryl methyl sites for hydroxylation is 1. The van der Waals surface area contributed by atoms with Gasteiger partial charge in [0.1, 0.15) is 0 Å². The molecule has 0 saturated carbocycles. The Balaban J connectivity index is 1.61. The fourth-order valence-electron chi connectivity index (χ4n) is 5.00. The minimum absolute atomic E-state index is 0.357. The van der Waals surface area contributed by atoms with Crippen LogP contribution in [0.15, 0.2) is 150 Å². The summed E-state index contributed by atoms with van der Waals surface area (Å²) in [6.45, 7) is 2.14. The Labute approximate surface area is 217 Å². The number of anilines is 2. The molecule has 1 aliphatic carbocycles. The van der Waals surface area contributed by atoms with Crippen LogP contribution >= 0.6 is 11.8 Å². The second-order valence-electron chi connectivity index (χ2n) is 9.10. The third-order valence-corrected chi connectivity index (χ3v) is 8.12. The lowest BCUT2D eigenvalue weighted by molar-refractivity contribution is 0.958. The molecule has 0 aromatic heterocycles. The lowest BCUT2D eigenvalue weighted by Crippen LogP contribution is -2.19. The van der Waals surface area contributed by atoms with Crippen LogP contribution in [0.5, 0.6) is 0 Å². The zero-order valence-corrected chi connectivity index (χ0v) is 21.0. The van der Waals surface area contributed by atoms with Gasteiger partial charge >= 0.3 is 0 Å². The van der Waals surface area contributed by atoms with E-state index in [9.17, 15) is 0 Å². The predicted molar refractivity (Wildman–Crippen MR) is 154 cm³/mol. The molecule has 1 atom stereocenters. The van der Waals surface area contributed by atoms with Gasteiger partial charge in [0, 0.05) is 21.8 Å². The van der Waals surface area contributed by atoms with Crippen molar-refractivity contribution in [1.82, 2.24) is 0 Å². The Bertz CT molecular complexity index is 1450. The zero-order valence-electron chi connectivity index (χ0n) is 20.2. The van der Waals surface area contributed by atoms with Crippen LogP contribution in [0.4, 0.5) is 11.4 Å². The topological polar surface area (TPSA) is 3.24 Å². The maximum atomic E-state index is 2.47. The van der Waals surface area contributed by atoms with Crippen LogP contribution in [-0.2, 0) is 4.75 Å². The Kier molecular flexibility index (Phi) is 5.96. The number of para-hydroxylation sites is 2. The van der Waals surface area contributed by atoms with Crippen LogP contribution in [0, 0.1) is 6.92 Å². The summed E-state index contributed by atoms with van der Waals surface area (Å²) in [4.78, 5) is 3.64. The van der Waals surface area contributed by atoms with Crippen molar-refractivity contribution >= 4 is 28.8 Å². The molecule has 36 heavy (non-hydrogen) atoms. The van der Waals surface area contributed by atoms with Gasteiger partial charge in [-0.1, -0.05) is 109 Å². The van der Waals surface area contributed by atoms with E-state index in [1.54, 1.807) is 0 Å². The van der Waals surface area contributed by atoms with Crippen LogP contribution in [0.3, 0.4) is 0 Å². The van der Waals surface area contributed by atoms with E-state index in [0.717, 1.165) is 11.4 Å². The van der Waals surface area contributed by atoms with Gasteiger partial charge in [-0.15, -0.1) is 11.8 Å². The van der Waals surface area contributed by atoms with Crippen molar-refractivity contribution in [3.05, 3.63) is 168 Å². The van der Waals surface area contributed by atoms with E-state index in [0.29, 0.717) is 0 Å². The van der Waals surface area contributed by atoms with Crippen molar-refractivity contribution in [2.24, 2.45) is 0 Å². The lowest BCUT2D eigenvalue weighted by Gasteiger charge is -2.29. The molecule has 5 aromatic rings. The third kappa shape index (κ3) is 4.04. The third-order valence-electron chi connectivity index (χ3n) is 6.72. The summed E-state index contributed by atoms with van der Waals surface area (Å²) in [5.41, 5.74) is 8.62. The molecular formula is C34H27NS. The van der Waals surface area contributed by atoms with Gasteiger partial charge < -0.3 is 4.90 Å². The highest BCUT2D eigenvalue weighted by Gasteiger charge is 2.42. The van der Waals surface area contributed by atoms with Gasteiger partial charge in [-0.3, -0.25) is 0 Å². The van der Waals surface area contributed by atoms with Crippen LogP contribution in [-0.4, -0.2) is 0 Å². The first kappa shape index (κ1) is 22.5. The molecule has 0 aliphatic heterocycles. The summed E-state index contributed by atoms with van der Waals surface area (Å²) < 4.78 is -0.357. The standard InChI is InChI=1S/C34H27NS/c1-26-21-23-30(24-22-26)36-34(27-13-5-2-6-14-27)25-33(31-19-11-12-20-32(31)34)35(28-15-7-3-8-16-28)29-17-9-4-10-18-29/h2-25H,1H3. The molecule has 1 aliphatic rings. The van der Waals surface area contributed by atoms with Crippen molar-refractivity contribution in [2.75, 3.05) is 4.90 Å². The van der Waals surface area contributed by atoms with E-state index in [-0.39, 0.29) is 4.75 Å². The maximum absolute atomic E-state index is 2.47. The Hall–Kier alpha value is -4.01. The number of thioether (sulfide) groups is 1. The molecule has 0 bridgehead atoms. The van der Waals surface area contributed by atoms with Gasteiger partial charge in [0.2, 0.25) is 0 Å². The van der Waals surface area contributed by atoms with Crippen LogP contribution in [0.25, 0.3) is 5.70 Å². The molecular weight excluding hydrogens is 454 g/mol. The first-order chi connectivity index (χ1) is 17.7. The SMILES string of the molecule is Cc1ccc(SC2(c3ccccc3)C=C(N(c3ccccc3)c3ccccc3)c3ccccc32)cc1. The molecule has 1 nitrogen and oxygen atoms in total. The molecule has 0 heterocycles. The molecule has 6 rings (SSSR count). The van der Waals surface area contributed by atoms with Crippen molar-refractivity contribution in [3.63, 3.8) is 0 Å². The molecule has 0 amide bonds. The molecule has 0 spiro atoms. The molecule has 5 aromatic carbocycles. The smallest absolute Gasteiger partial charge is 0.0914 e. The van der Waals surface area contributed by atoms with E-state index in [1.807, 2.05) is 11.8 Å². The van der Waals surface area contributed by atoms with Crippen LogP contribution in [0.2, 0.25) is 0 Å². The van der Waals surface area contributed by atoms with E-state index in [4.69, 9.17) is 0 Å².